The van der Waals surface area contributed by atoms with Crippen LogP contribution in [-0.2, 0) is 6.54 Å². The third kappa shape index (κ3) is 4.14. The van der Waals surface area contributed by atoms with E-state index >= 15 is 0 Å². The lowest BCUT2D eigenvalue weighted by Gasteiger charge is -2.12. The number of rotatable bonds is 5. The van der Waals surface area contributed by atoms with Gasteiger partial charge < -0.3 is 10.6 Å². The Bertz CT molecular complexity index is 888. The largest absolute Gasteiger partial charge is 0.348 e. The minimum absolute atomic E-state index is 0.214. The van der Waals surface area contributed by atoms with E-state index in [0.29, 0.717) is 22.7 Å². The molecule has 2 aromatic carbocycles. The van der Waals surface area contributed by atoms with Gasteiger partial charge in [-0.1, -0.05) is 42.5 Å². The number of carbonyl (C=O) groups excluding carboxylic acids is 2. The van der Waals surface area contributed by atoms with Crippen molar-refractivity contribution in [3.63, 3.8) is 0 Å². The van der Waals surface area contributed by atoms with E-state index < -0.39 is 0 Å². The second-order valence-electron chi connectivity index (χ2n) is 5.59. The van der Waals surface area contributed by atoms with Crippen LogP contribution in [0.3, 0.4) is 0 Å². The molecule has 0 spiro atoms. The van der Waals surface area contributed by atoms with Gasteiger partial charge in [0.15, 0.2) is 0 Å². The van der Waals surface area contributed by atoms with E-state index in [1.54, 1.807) is 30.3 Å². The molecule has 0 saturated carbocycles. The van der Waals surface area contributed by atoms with Crippen molar-refractivity contribution in [3.8, 4) is 0 Å². The van der Waals surface area contributed by atoms with Crippen molar-refractivity contribution >= 4 is 28.8 Å². The highest BCUT2D eigenvalue weighted by molar-refractivity contribution is 7.12. The highest BCUT2D eigenvalue weighted by atomic mass is 32.1. The Morgan fingerprint density at radius 3 is 2.44 bits per heavy atom. The summed E-state index contributed by atoms with van der Waals surface area (Å²) in [5.74, 6) is -0.431. The number of para-hydroxylation sites is 1. The zero-order valence-corrected chi connectivity index (χ0v) is 14.6. The van der Waals surface area contributed by atoms with Crippen LogP contribution in [0.5, 0.6) is 0 Å². The molecule has 3 aromatic rings. The molecule has 0 aliphatic rings. The molecule has 2 amide bonds. The van der Waals surface area contributed by atoms with E-state index in [4.69, 9.17) is 0 Å². The zero-order valence-electron chi connectivity index (χ0n) is 13.8. The minimum Gasteiger partial charge on any atom is -0.348 e. The Labute approximate surface area is 150 Å². The average molecular weight is 350 g/mol. The maximum atomic E-state index is 12.6. The normalized spacial score (nSPS) is 10.3. The molecule has 126 valence electrons. The number of benzene rings is 2. The molecule has 3 rings (SSSR count). The molecule has 0 unspecified atom stereocenters. The summed E-state index contributed by atoms with van der Waals surface area (Å²) in [5.41, 5.74) is 3.14. The summed E-state index contributed by atoms with van der Waals surface area (Å²) in [7, 11) is 0. The molecular formula is C20H18N2O2S. The van der Waals surface area contributed by atoms with Crippen LogP contribution < -0.4 is 10.6 Å². The first kappa shape index (κ1) is 16.9. The first-order chi connectivity index (χ1) is 12.1. The number of nitrogens with one attached hydrogen (secondary N) is 2. The second kappa shape index (κ2) is 7.77. The number of amides is 2. The standard InChI is InChI=1S/C20H18N2O2S/c1-14-7-2-3-8-15(14)13-21-19(23)16-9-4-5-10-17(16)22-20(24)18-11-6-12-25-18/h2-12H,13H2,1H3,(H,21,23)(H,22,24). The van der Waals surface area contributed by atoms with Crippen LogP contribution >= 0.6 is 11.3 Å². The van der Waals surface area contributed by atoms with Gasteiger partial charge in [0.05, 0.1) is 16.1 Å². The van der Waals surface area contributed by atoms with Gasteiger partial charge in [-0.3, -0.25) is 9.59 Å². The second-order valence-corrected chi connectivity index (χ2v) is 6.53. The predicted molar refractivity (Wildman–Crippen MR) is 101 cm³/mol. The van der Waals surface area contributed by atoms with Crippen molar-refractivity contribution in [2.45, 2.75) is 13.5 Å². The molecule has 4 nitrogen and oxygen atoms in total. The van der Waals surface area contributed by atoms with Crippen molar-refractivity contribution in [1.29, 1.82) is 0 Å². The third-order valence-corrected chi connectivity index (χ3v) is 4.73. The van der Waals surface area contributed by atoms with Gasteiger partial charge >= 0.3 is 0 Å². The topological polar surface area (TPSA) is 58.2 Å². The summed E-state index contributed by atoms with van der Waals surface area (Å²) in [6.07, 6.45) is 0. The maximum Gasteiger partial charge on any atom is 0.265 e. The first-order valence-corrected chi connectivity index (χ1v) is 8.79. The van der Waals surface area contributed by atoms with E-state index in [2.05, 4.69) is 10.6 Å². The monoisotopic (exact) mass is 350 g/mol. The highest BCUT2D eigenvalue weighted by Crippen LogP contribution is 2.18. The summed E-state index contributed by atoms with van der Waals surface area (Å²) >= 11 is 1.36. The van der Waals surface area contributed by atoms with Crippen molar-refractivity contribution in [1.82, 2.24) is 5.32 Å². The molecule has 1 heterocycles. The molecule has 25 heavy (non-hydrogen) atoms. The highest BCUT2D eigenvalue weighted by Gasteiger charge is 2.14. The number of thiophene rings is 1. The van der Waals surface area contributed by atoms with E-state index in [0.717, 1.165) is 11.1 Å². The number of hydrogen-bond donors (Lipinski definition) is 2. The van der Waals surface area contributed by atoms with Crippen LogP contribution in [0.25, 0.3) is 0 Å². The molecule has 0 atom stereocenters. The van der Waals surface area contributed by atoms with Crippen molar-refractivity contribution < 1.29 is 9.59 Å². The number of hydrogen-bond acceptors (Lipinski definition) is 3. The fourth-order valence-electron chi connectivity index (χ4n) is 2.46. The number of carbonyl (C=O) groups is 2. The molecule has 0 bridgehead atoms. The van der Waals surface area contributed by atoms with Gasteiger partial charge in [-0.25, -0.2) is 0 Å². The van der Waals surface area contributed by atoms with Crippen molar-refractivity contribution in [2.24, 2.45) is 0 Å². The van der Waals surface area contributed by atoms with Gasteiger partial charge in [0.1, 0.15) is 0 Å². The minimum atomic E-state index is -0.217. The van der Waals surface area contributed by atoms with E-state index in [1.807, 2.05) is 42.6 Å². The van der Waals surface area contributed by atoms with Gasteiger partial charge in [-0.05, 0) is 41.6 Å². The Kier molecular flexibility index (Phi) is 5.26. The average Bonchev–Trinajstić information content (AvgIpc) is 3.16. The predicted octanol–water partition coefficient (Wildman–Crippen LogP) is 4.24. The van der Waals surface area contributed by atoms with Crippen LogP contribution in [0.4, 0.5) is 5.69 Å². The molecule has 1 aromatic heterocycles. The lowest BCUT2D eigenvalue weighted by Crippen LogP contribution is -2.25. The van der Waals surface area contributed by atoms with Gasteiger partial charge in [0.25, 0.3) is 11.8 Å². The third-order valence-electron chi connectivity index (χ3n) is 3.87. The quantitative estimate of drug-likeness (QED) is 0.723. The van der Waals surface area contributed by atoms with E-state index in [1.165, 1.54) is 11.3 Å². The Morgan fingerprint density at radius 1 is 0.920 bits per heavy atom. The summed E-state index contributed by atoms with van der Waals surface area (Å²) in [4.78, 5) is 25.4. The number of aryl methyl sites for hydroxylation is 1. The van der Waals surface area contributed by atoms with Crippen LogP contribution in [0.2, 0.25) is 0 Å². The molecule has 0 radical (unpaired) electrons. The SMILES string of the molecule is Cc1ccccc1CNC(=O)c1ccccc1NC(=O)c1cccs1. The Balaban J connectivity index is 1.72. The lowest BCUT2D eigenvalue weighted by atomic mass is 10.1. The van der Waals surface area contributed by atoms with Crippen molar-refractivity contribution in [3.05, 3.63) is 87.6 Å². The molecular weight excluding hydrogens is 332 g/mol. The first-order valence-electron chi connectivity index (χ1n) is 7.92. The van der Waals surface area contributed by atoms with Crippen LogP contribution in [0.1, 0.15) is 31.2 Å². The number of anilines is 1. The Morgan fingerprint density at radius 2 is 1.68 bits per heavy atom. The molecule has 0 aliphatic carbocycles. The fraction of sp³-hybridized carbons (Fsp3) is 0.100. The van der Waals surface area contributed by atoms with Crippen LogP contribution in [-0.4, -0.2) is 11.8 Å². The summed E-state index contributed by atoms with van der Waals surface area (Å²) in [5, 5.41) is 7.57. The molecule has 0 saturated heterocycles. The molecule has 2 N–H and O–H groups in total. The van der Waals surface area contributed by atoms with Gasteiger partial charge in [0, 0.05) is 6.54 Å². The summed E-state index contributed by atoms with van der Waals surface area (Å²) in [6.45, 7) is 2.45. The maximum absolute atomic E-state index is 12.6. The lowest BCUT2D eigenvalue weighted by molar-refractivity contribution is 0.0951. The van der Waals surface area contributed by atoms with Gasteiger partial charge in [0.2, 0.25) is 0 Å². The fourth-order valence-corrected chi connectivity index (χ4v) is 3.08. The Hall–Kier alpha value is -2.92. The van der Waals surface area contributed by atoms with E-state index in [-0.39, 0.29) is 11.8 Å². The summed E-state index contributed by atoms with van der Waals surface area (Å²) < 4.78 is 0. The summed E-state index contributed by atoms with van der Waals surface area (Å²) in [6, 6.07) is 18.5. The van der Waals surface area contributed by atoms with Crippen LogP contribution in [0.15, 0.2) is 66.0 Å². The van der Waals surface area contributed by atoms with E-state index in [9.17, 15) is 9.59 Å². The van der Waals surface area contributed by atoms with Gasteiger partial charge in [-0.2, -0.15) is 0 Å². The van der Waals surface area contributed by atoms with Crippen LogP contribution in [0, 0.1) is 6.92 Å². The molecule has 5 heteroatoms. The smallest absolute Gasteiger partial charge is 0.265 e. The van der Waals surface area contributed by atoms with Gasteiger partial charge in [-0.15, -0.1) is 11.3 Å². The molecule has 0 aliphatic heterocycles. The van der Waals surface area contributed by atoms with Crippen molar-refractivity contribution in [2.75, 3.05) is 5.32 Å². The molecule has 0 fully saturated rings. The zero-order chi connectivity index (χ0) is 17.6.